The van der Waals surface area contributed by atoms with E-state index in [1.54, 1.807) is 0 Å². The molecule has 63 heavy (non-hydrogen) atoms. The van der Waals surface area contributed by atoms with Gasteiger partial charge in [-0.15, -0.1) is 0 Å². The summed E-state index contributed by atoms with van der Waals surface area (Å²) in [6.45, 7) is 0. The van der Waals surface area contributed by atoms with Crippen molar-refractivity contribution in [2.24, 2.45) is 0 Å². The molecule has 0 aliphatic carbocycles. The molecule has 1 atom stereocenters. The fourth-order valence-corrected chi connectivity index (χ4v) is 9.96. The van der Waals surface area contributed by atoms with E-state index in [0.717, 1.165) is 50.1 Å². The molecule has 3 aromatic heterocycles. The van der Waals surface area contributed by atoms with Crippen LogP contribution < -0.4 is 5.32 Å². The van der Waals surface area contributed by atoms with Gasteiger partial charge in [0, 0.05) is 32.6 Å². The molecule has 0 radical (unpaired) electrons. The quantitative estimate of drug-likeness (QED) is 0.182. The molecule has 296 valence electrons. The summed E-state index contributed by atoms with van der Waals surface area (Å²) < 4.78 is 11.3. The summed E-state index contributed by atoms with van der Waals surface area (Å²) in [7, 11) is 0. The van der Waals surface area contributed by atoms with E-state index in [1.807, 2.05) is 0 Å². The molecule has 1 unspecified atom stereocenters. The third-order valence-electron chi connectivity index (χ3n) is 12.9. The molecule has 4 nitrogen and oxygen atoms in total. The van der Waals surface area contributed by atoms with Crippen molar-refractivity contribution in [2.75, 3.05) is 5.32 Å². The van der Waals surface area contributed by atoms with Crippen molar-refractivity contribution < 1.29 is 4.42 Å². The van der Waals surface area contributed by atoms with Gasteiger partial charge in [0.05, 0.1) is 27.9 Å². The molecule has 0 saturated carbocycles. The molecule has 4 heterocycles. The van der Waals surface area contributed by atoms with E-state index in [1.165, 1.54) is 66.1 Å². The van der Waals surface area contributed by atoms with Gasteiger partial charge in [0.15, 0.2) is 0 Å². The molecule has 13 rings (SSSR count). The third kappa shape index (κ3) is 5.76. The third-order valence-corrected chi connectivity index (χ3v) is 12.9. The van der Waals surface area contributed by atoms with Crippen molar-refractivity contribution in [1.29, 1.82) is 0 Å². The van der Waals surface area contributed by atoms with Crippen LogP contribution >= 0.6 is 0 Å². The van der Waals surface area contributed by atoms with E-state index >= 15 is 0 Å². The second-order valence-electron chi connectivity index (χ2n) is 16.6. The summed E-state index contributed by atoms with van der Waals surface area (Å²) in [5, 5.41) is 9.89. The first kappa shape index (κ1) is 35.4. The second kappa shape index (κ2) is 14.1. The zero-order chi connectivity index (χ0) is 41.4. The fourth-order valence-electron chi connectivity index (χ4n) is 9.96. The monoisotopic (exact) mass is 805 g/mol. The first-order valence-electron chi connectivity index (χ1n) is 21.6. The molecule has 0 amide bonds. The lowest BCUT2D eigenvalue weighted by Crippen LogP contribution is -2.19. The molecule has 9 aromatic carbocycles. The second-order valence-corrected chi connectivity index (χ2v) is 16.6. The number of fused-ring (bicyclic) bond motifs is 9. The van der Waals surface area contributed by atoms with Crippen LogP contribution in [0.3, 0.4) is 0 Å². The van der Waals surface area contributed by atoms with Gasteiger partial charge in [-0.05, 0) is 123 Å². The van der Waals surface area contributed by atoms with E-state index in [0.29, 0.717) is 0 Å². The Morgan fingerprint density at radius 3 is 1.59 bits per heavy atom. The highest BCUT2D eigenvalue weighted by molar-refractivity contribution is 6.11. The van der Waals surface area contributed by atoms with Crippen LogP contribution in [0.4, 0.5) is 5.69 Å². The Hall–Kier alpha value is -8.34. The predicted octanol–water partition coefficient (Wildman–Crippen LogP) is 15.9. The van der Waals surface area contributed by atoms with Gasteiger partial charge in [0.2, 0.25) is 0 Å². The number of rotatable bonds is 6. The van der Waals surface area contributed by atoms with Gasteiger partial charge in [-0.3, -0.25) is 0 Å². The van der Waals surface area contributed by atoms with Gasteiger partial charge >= 0.3 is 0 Å². The first-order chi connectivity index (χ1) is 31.2. The van der Waals surface area contributed by atoms with Crippen LogP contribution in [-0.2, 0) is 0 Å². The molecule has 1 N–H and O–H groups in total. The van der Waals surface area contributed by atoms with Crippen LogP contribution in [0.25, 0.3) is 111 Å². The summed E-state index contributed by atoms with van der Waals surface area (Å²) >= 11 is 0. The number of para-hydroxylation sites is 2. The zero-order valence-corrected chi connectivity index (χ0v) is 34.2. The maximum Gasteiger partial charge on any atom is 0.135 e. The van der Waals surface area contributed by atoms with Crippen LogP contribution in [-0.4, -0.2) is 9.13 Å². The zero-order valence-electron chi connectivity index (χ0n) is 34.2. The molecular formula is C59H39N3O. The van der Waals surface area contributed by atoms with Crippen molar-refractivity contribution in [1.82, 2.24) is 9.13 Å². The van der Waals surface area contributed by atoms with Gasteiger partial charge in [-0.1, -0.05) is 146 Å². The van der Waals surface area contributed by atoms with E-state index in [-0.39, 0.29) is 6.17 Å². The average Bonchev–Trinajstić information content (AvgIpc) is 4.01. The maximum absolute atomic E-state index is 6.48. The van der Waals surface area contributed by atoms with Crippen LogP contribution in [0.15, 0.2) is 223 Å². The van der Waals surface area contributed by atoms with Crippen molar-refractivity contribution in [2.45, 2.75) is 6.17 Å². The number of benzene rings is 9. The normalized spacial score (nSPS) is 13.6. The summed E-state index contributed by atoms with van der Waals surface area (Å²) in [6.07, 6.45) is 4.51. The van der Waals surface area contributed by atoms with Crippen LogP contribution in [0.2, 0.25) is 0 Å². The standard InChI is InChI=1S/C59H39N3O/c1-3-13-38(14-4-1)40-17-11-18-41(33-40)42-19-12-20-43(34-42)45-26-30-56-50(36-45)51-37-46(27-31-57(51)63-56)61-53-24-10-8-22-48(53)59-55(61)29-32-58(60-59)62-52-23-9-7-21-47(52)49-35-44(25-28-54(49)62)39-15-5-2-6-16-39/h1-37,58,60H. The highest BCUT2D eigenvalue weighted by Crippen LogP contribution is 2.43. The highest BCUT2D eigenvalue weighted by Gasteiger charge is 2.26. The van der Waals surface area contributed by atoms with Gasteiger partial charge in [0.25, 0.3) is 0 Å². The van der Waals surface area contributed by atoms with E-state index < -0.39 is 0 Å². The number of hydrogen-bond donors (Lipinski definition) is 1. The predicted molar refractivity (Wildman–Crippen MR) is 263 cm³/mol. The van der Waals surface area contributed by atoms with Crippen molar-refractivity contribution in [3.63, 3.8) is 0 Å². The molecule has 0 bridgehead atoms. The minimum atomic E-state index is -0.0910. The molecule has 12 aromatic rings. The lowest BCUT2D eigenvalue weighted by atomic mass is 9.96. The first-order valence-corrected chi connectivity index (χ1v) is 21.6. The molecular weight excluding hydrogens is 767 g/mol. The number of hydrogen-bond acceptors (Lipinski definition) is 2. The Labute approximate surface area is 364 Å². The number of furan rings is 1. The van der Waals surface area contributed by atoms with Crippen LogP contribution in [0, 0.1) is 0 Å². The summed E-state index contributed by atoms with van der Waals surface area (Å²) in [5.41, 5.74) is 18.2. The molecule has 1 aliphatic heterocycles. The summed E-state index contributed by atoms with van der Waals surface area (Å²) in [5.74, 6) is 0. The van der Waals surface area contributed by atoms with Crippen LogP contribution in [0.5, 0.6) is 0 Å². The largest absolute Gasteiger partial charge is 0.456 e. The van der Waals surface area contributed by atoms with Gasteiger partial charge in [-0.2, -0.15) is 0 Å². The number of aromatic nitrogens is 2. The number of nitrogens with one attached hydrogen (secondary N) is 1. The lowest BCUT2D eigenvalue weighted by molar-refractivity contribution is 0.669. The Bertz CT molecular complexity index is 3770. The molecule has 0 fully saturated rings. The summed E-state index contributed by atoms with van der Waals surface area (Å²) in [6, 6.07) is 76.4. The minimum absolute atomic E-state index is 0.0910. The van der Waals surface area contributed by atoms with Crippen molar-refractivity contribution >= 4 is 66.4 Å². The summed E-state index contributed by atoms with van der Waals surface area (Å²) in [4.78, 5) is 0. The van der Waals surface area contributed by atoms with Gasteiger partial charge < -0.3 is 18.9 Å². The fraction of sp³-hybridized carbons (Fsp3) is 0.0169. The Morgan fingerprint density at radius 2 is 0.873 bits per heavy atom. The average molecular weight is 806 g/mol. The smallest absolute Gasteiger partial charge is 0.135 e. The van der Waals surface area contributed by atoms with Gasteiger partial charge in [0.1, 0.15) is 17.3 Å². The Kier molecular flexibility index (Phi) is 7.94. The highest BCUT2D eigenvalue weighted by atomic mass is 16.3. The van der Waals surface area contributed by atoms with Crippen molar-refractivity contribution in [3.8, 4) is 50.2 Å². The topological polar surface area (TPSA) is 35.0 Å². The molecule has 1 aliphatic rings. The number of anilines is 1. The van der Waals surface area contributed by atoms with E-state index in [4.69, 9.17) is 4.42 Å². The van der Waals surface area contributed by atoms with Crippen LogP contribution in [0.1, 0.15) is 11.9 Å². The Morgan fingerprint density at radius 1 is 0.365 bits per heavy atom. The Balaban J connectivity index is 0.888. The maximum atomic E-state index is 6.48. The number of nitrogens with zero attached hydrogens (tertiary/aromatic N) is 2. The molecule has 4 heteroatoms. The van der Waals surface area contributed by atoms with Crippen molar-refractivity contribution in [3.05, 3.63) is 224 Å². The minimum Gasteiger partial charge on any atom is -0.456 e. The van der Waals surface area contributed by atoms with E-state index in [2.05, 4.69) is 239 Å². The van der Waals surface area contributed by atoms with E-state index in [9.17, 15) is 0 Å². The molecule has 0 saturated heterocycles. The lowest BCUT2D eigenvalue weighted by Gasteiger charge is -2.25. The molecule has 0 spiro atoms. The van der Waals surface area contributed by atoms with Gasteiger partial charge in [-0.25, -0.2) is 0 Å². The SMILES string of the molecule is C1=CC(n2c3ccccc3c3cc(-c4ccccc4)ccc32)Nc2c1n(-c1ccc3oc4ccc(-c5cccc(-c6cccc(-c7ccccc7)c6)c5)cc4c3c1)c1ccccc21.